The summed E-state index contributed by atoms with van der Waals surface area (Å²) in [6, 6.07) is 12.7. The monoisotopic (exact) mass is 455 g/mol. The molecular weight excluding hydrogens is 425 g/mol. The van der Waals surface area contributed by atoms with Gasteiger partial charge in [-0.3, -0.25) is 14.4 Å². The van der Waals surface area contributed by atoms with Crippen LogP contribution in [0, 0.1) is 5.82 Å². The molecule has 0 spiro atoms. The molecule has 2 aromatic rings. The van der Waals surface area contributed by atoms with Crippen LogP contribution in [-0.2, 0) is 38.5 Å². The predicted molar refractivity (Wildman–Crippen MR) is 121 cm³/mol. The molecule has 0 aliphatic carbocycles. The van der Waals surface area contributed by atoms with Crippen LogP contribution in [0.15, 0.2) is 48.5 Å². The number of carbonyl (C=O) groups excluding carboxylic acids is 3. The van der Waals surface area contributed by atoms with Crippen LogP contribution in [0.5, 0.6) is 0 Å². The largest absolute Gasteiger partial charge is 0.469 e. The Hall–Kier alpha value is -3.26. The third-order valence-electron chi connectivity index (χ3n) is 5.82. The second kappa shape index (κ2) is 11.6. The first-order valence-corrected chi connectivity index (χ1v) is 11.1. The minimum Gasteiger partial charge on any atom is -0.469 e. The van der Waals surface area contributed by atoms with Gasteiger partial charge in [-0.05, 0) is 42.0 Å². The van der Waals surface area contributed by atoms with Crippen LogP contribution in [0.4, 0.5) is 4.39 Å². The third kappa shape index (κ3) is 6.86. The van der Waals surface area contributed by atoms with E-state index in [1.807, 2.05) is 24.3 Å². The number of amides is 2. The second-order valence-corrected chi connectivity index (χ2v) is 8.29. The highest BCUT2D eigenvalue weighted by atomic mass is 19.1. The molecule has 176 valence electrons. The number of carbonyl (C=O) groups is 3. The van der Waals surface area contributed by atoms with Crippen molar-refractivity contribution in [3.63, 3.8) is 0 Å². The van der Waals surface area contributed by atoms with Crippen molar-refractivity contribution in [3.8, 4) is 0 Å². The maximum Gasteiger partial charge on any atom is 0.309 e. The number of nitrogens with one attached hydrogen (secondary N) is 1. The van der Waals surface area contributed by atoms with Crippen LogP contribution < -0.4 is 11.1 Å². The molecule has 1 fully saturated rings. The van der Waals surface area contributed by atoms with Crippen LogP contribution in [-0.4, -0.2) is 48.4 Å². The maximum absolute atomic E-state index is 13.9. The molecule has 1 unspecified atom stereocenters. The molecule has 3 N–H and O–H groups in total. The van der Waals surface area contributed by atoms with Crippen molar-refractivity contribution < 1.29 is 23.5 Å². The maximum atomic E-state index is 13.9. The van der Waals surface area contributed by atoms with Crippen LogP contribution in [0.3, 0.4) is 0 Å². The standard InChI is InChI=1S/C25H30FN3O4/c1-33-24(31)13-17-8-10-18(11-9-17)16-28-25(32)22-7-4-12-29(22)23(30)15-20(27)14-19-5-2-3-6-21(19)26/h2-3,5-6,8-11,20,22H,4,7,12-16,27H2,1H3,(H,28,32)/t20?,22-/m0/s1. The lowest BCUT2D eigenvalue weighted by molar-refractivity contribution is -0.139. The van der Waals surface area contributed by atoms with E-state index in [4.69, 9.17) is 5.73 Å². The summed E-state index contributed by atoms with van der Waals surface area (Å²) in [6.45, 7) is 0.828. The number of ether oxygens (including phenoxy) is 1. The third-order valence-corrected chi connectivity index (χ3v) is 5.82. The molecule has 3 rings (SSSR count). The zero-order chi connectivity index (χ0) is 23.8. The minimum absolute atomic E-state index is 0.0553. The molecule has 8 heteroatoms. The number of methoxy groups -OCH3 is 1. The summed E-state index contributed by atoms with van der Waals surface area (Å²) in [4.78, 5) is 38.5. The Balaban J connectivity index is 1.50. The Kier molecular flexibility index (Phi) is 8.54. The zero-order valence-electron chi connectivity index (χ0n) is 18.8. The Labute approximate surface area is 193 Å². The van der Waals surface area contributed by atoms with E-state index in [1.165, 1.54) is 13.2 Å². The predicted octanol–water partition coefficient (Wildman–Crippen LogP) is 2.11. The van der Waals surface area contributed by atoms with E-state index in [9.17, 15) is 18.8 Å². The molecule has 1 aliphatic rings. The Morgan fingerprint density at radius 2 is 1.85 bits per heavy atom. The molecule has 0 saturated carbocycles. The highest BCUT2D eigenvalue weighted by Gasteiger charge is 2.34. The smallest absolute Gasteiger partial charge is 0.309 e. The van der Waals surface area contributed by atoms with Crippen molar-refractivity contribution in [2.45, 2.75) is 50.7 Å². The van der Waals surface area contributed by atoms with Gasteiger partial charge in [0.25, 0.3) is 0 Å². The number of likely N-dealkylation sites (tertiary alicyclic amines) is 1. The van der Waals surface area contributed by atoms with E-state index in [2.05, 4.69) is 10.1 Å². The van der Waals surface area contributed by atoms with Gasteiger partial charge in [0, 0.05) is 25.6 Å². The zero-order valence-corrected chi connectivity index (χ0v) is 18.8. The molecule has 1 saturated heterocycles. The van der Waals surface area contributed by atoms with Crippen LogP contribution >= 0.6 is 0 Å². The van der Waals surface area contributed by atoms with Gasteiger partial charge in [-0.2, -0.15) is 0 Å². The number of rotatable bonds is 9. The Morgan fingerprint density at radius 1 is 1.15 bits per heavy atom. The minimum atomic E-state index is -0.531. The summed E-state index contributed by atoms with van der Waals surface area (Å²) in [5.41, 5.74) is 8.30. The van der Waals surface area contributed by atoms with Gasteiger partial charge in [0.2, 0.25) is 11.8 Å². The lowest BCUT2D eigenvalue weighted by Crippen LogP contribution is -2.47. The van der Waals surface area contributed by atoms with Crippen molar-refractivity contribution in [1.82, 2.24) is 10.2 Å². The number of halogens is 1. The van der Waals surface area contributed by atoms with E-state index in [0.29, 0.717) is 25.1 Å². The summed E-state index contributed by atoms with van der Waals surface area (Å²) >= 11 is 0. The summed E-state index contributed by atoms with van der Waals surface area (Å²) in [6.07, 6.45) is 1.85. The topological polar surface area (TPSA) is 102 Å². The molecule has 7 nitrogen and oxygen atoms in total. The highest BCUT2D eigenvalue weighted by molar-refractivity contribution is 5.88. The first kappa shape index (κ1) is 24.4. The summed E-state index contributed by atoms with van der Waals surface area (Å²) in [5.74, 6) is -1.04. The highest BCUT2D eigenvalue weighted by Crippen LogP contribution is 2.20. The first-order valence-electron chi connectivity index (χ1n) is 11.1. The van der Waals surface area contributed by atoms with E-state index >= 15 is 0 Å². The van der Waals surface area contributed by atoms with E-state index < -0.39 is 12.1 Å². The van der Waals surface area contributed by atoms with Gasteiger partial charge in [-0.15, -0.1) is 0 Å². The summed E-state index contributed by atoms with van der Waals surface area (Å²) < 4.78 is 18.5. The lowest BCUT2D eigenvalue weighted by Gasteiger charge is -2.25. The van der Waals surface area contributed by atoms with Gasteiger partial charge < -0.3 is 20.7 Å². The number of benzene rings is 2. The number of hydrogen-bond acceptors (Lipinski definition) is 5. The number of nitrogens with zero attached hydrogens (tertiary/aromatic N) is 1. The molecule has 2 amide bonds. The van der Waals surface area contributed by atoms with Gasteiger partial charge in [-0.25, -0.2) is 4.39 Å². The van der Waals surface area contributed by atoms with Gasteiger partial charge in [0.15, 0.2) is 0 Å². The fourth-order valence-electron chi connectivity index (χ4n) is 4.02. The normalized spacial score (nSPS) is 16.3. The molecule has 33 heavy (non-hydrogen) atoms. The van der Waals surface area contributed by atoms with Crippen LogP contribution in [0.1, 0.15) is 36.0 Å². The van der Waals surface area contributed by atoms with E-state index in [1.54, 1.807) is 23.1 Å². The Morgan fingerprint density at radius 3 is 2.55 bits per heavy atom. The average molecular weight is 456 g/mol. The fraction of sp³-hybridized carbons (Fsp3) is 0.400. The molecule has 1 aliphatic heterocycles. The summed E-state index contributed by atoms with van der Waals surface area (Å²) in [7, 11) is 1.35. The van der Waals surface area contributed by atoms with Crippen molar-refractivity contribution in [3.05, 3.63) is 71.0 Å². The molecule has 0 radical (unpaired) electrons. The fourth-order valence-corrected chi connectivity index (χ4v) is 4.02. The van der Waals surface area contributed by atoms with E-state index in [0.717, 1.165) is 17.5 Å². The molecule has 2 aromatic carbocycles. The molecule has 2 atom stereocenters. The van der Waals surface area contributed by atoms with Crippen molar-refractivity contribution >= 4 is 17.8 Å². The average Bonchev–Trinajstić information content (AvgIpc) is 3.30. The lowest BCUT2D eigenvalue weighted by atomic mass is 10.0. The van der Waals surface area contributed by atoms with Gasteiger partial charge in [0.1, 0.15) is 11.9 Å². The number of esters is 1. The number of hydrogen-bond donors (Lipinski definition) is 2. The second-order valence-electron chi connectivity index (χ2n) is 8.29. The quantitative estimate of drug-likeness (QED) is 0.564. The van der Waals surface area contributed by atoms with Crippen LogP contribution in [0.25, 0.3) is 0 Å². The summed E-state index contributed by atoms with van der Waals surface area (Å²) in [5, 5.41) is 2.89. The van der Waals surface area contributed by atoms with E-state index in [-0.39, 0.29) is 42.9 Å². The van der Waals surface area contributed by atoms with Gasteiger partial charge in [0.05, 0.1) is 13.5 Å². The molecule has 0 bridgehead atoms. The van der Waals surface area contributed by atoms with Gasteiger partial charge in [-0.1, -0.05) is 42.5 Å². The first-order chi connectivity index (χ1) is 15.9. The van der Waals surface area contributed by atoms with Gasteiger partial charge >= 0.3 is 5.97 Å². The molecular formula is C25H30FN3O4. The van der Waals surface area contributed by atoms with Crippen molar-refractivity contribution in [2.24, 2.45) is 5.73 Å². The van der Waals surface area contributed by atoms with Crippen LogP contribution in [0.2, 0.25) is 0 Å². The molecule has 0 aromatic heterocycles. The number of nitrogens with two attached hydrogens (primary N) is 1. The molecule has 1 heterocycles. The SMILES string of the molecule is COC(=O)Cc1ccc(CNC(=O)[C@@H]2CCCN2C(=O)CC(N)Cc2ccccc2F)cc1. The Bertz CT molecular complexity index is 980. The van der Waals surface area contributed by atoms with Crippen molar-refractivity contribution in [1.29, 1.82) is 0 Å². The van der Waals surface area contributed by atoms with Crippen molar-refractivity contribution in [2.75, 3.05) is 13.7 Å².